The van der Waals surface area contributed by atoms with E-state index in [-0.39, 0.29) is 36.7 Å². The fourth-order valence-corrected chi connectivity index (χ4v) is 5.44. The molecule has 0 radical (unpaired) electrons. The second-order valence-corrected chi connectivity index (χ2v) is 9.73. The quantitative estimate of drug-likeness (QED) is 0.576. The topological polar surface area (TPSA) is 107 Å². The summed E-state index contributed by atoms with van der Waals surface area (Å²) < 4.78 is 21.9. The third-order valence-corrected chi connectivity index (χ3v) is 7.46. The number of cyclic esters (lactones) is 1. The van der Waals surface area contributed by atoms with Crippen molar-refractivity contribution in [1.82, 2.24) is 10.2 Å². The first kappa shape index (κ1) is 25.8. The number of nitrogens with one attached hydrogen (secondary N) is 1. The number of methoxy groups -OCH3 is 2. The molecule has 0 bridgehead atoms. The van der Waals surface area contributed by atoms with Crippen molar-refractivity contribution >= 4 is 23.7 Å². The van der Waals surface area contributed by atoms with Crippen molar-refractivity contribution in [2.75, 3.05) is 38.8 Å². The molecule has 0 unspecified atom stereocenters. The summed E-state index contributed by atoms with van der Waals surface area (Å²) in [5, 5.41) is 3.14. The molecule has 0 aromatic heterocycles. The monoisotopic (exact) mass is 523 g/mol. The molecule has 3 aliphatic heterocycles. The number of amides is 2. The van der Waals surface area contributed by atoms with E-state index in [1.165, 1.54) is 14.2 Å². The minimum absolute atomic E-state index is 0.0375. The molecule has 0 saturated carbocycles. The second-order valence-electron chi connectivity index (χ2n) is 9.73. The van der Waals surface area contributed by atoms with Gasteiger partial charge in [-0.1, -0.05) is 18.2 Å². The Labute approximate surface area is 221 Å². The molecule has 10 heteroatoms. The Bertz CT molecular complexity index is 1190. The fourth-order valence-electron chi connectivity index (χ4n) is 5.44. The van der Waals surface area contributed by atoms with Gasteiger partial charge >= 0.3 is 12.1 Å². The number of benzene rings is 2. The number of likely N-dealkylation sites (tertiary alicyclic amines) is 1. The molecule has 3 aliphatic rings. The van der Waals surface area contributed by atoms with Gasteiger partial charge in [0.05, 0.1) is 25.5 Å². The number of carbonyl (C=O) groups excluding carboxylic acids is 3. The number of piperidine rings is 2. The highest BCUT2D eigenvalue weighted by molar-refractivity contribution is 5.97. The molecule has 1 N–H and O–H groups in total. The summed E-state index contributed by atoms with van der Waals surface area (Å²) in [7, 11) is 2.90. The van der Waals surface area contributed by atoms with E-state index in [1.807, 2.05) is 24.3 Å². The number of fused-ring (bicyclic) bond motifs is 1. The number of esters is 1. The lowest BCUT2D eigenvalue weighted by Crippen LogP contribution is -2.50. The number of hydrogen-bond donors (Lipinski definition) is 1. The Morgan fingerprint density at radius 3 is 2.61 bits per heavy atom. The normalized spacial score (nSPS) is 21.8. The Hall–Kier alpha value is -3.79. The maximum absolute atomic E-state index is 13.4. The molecule has 3 heterocycles. The average molecular weight is 524 g/mol. The highest BCUT2D eigenvalue weighted by Crippen LogP contribution is 2.33. The summed E-state index contributed by atoms with van der Waals surface area (Å²) in [5.74, 6) is 0.583. The molecule has 10 nitrogen and oxygen atoms in total. The summed E-state index contributed by atoms with van der Waals surface area (Å²) in [6.45, 7) is 1.96. The van der Waals surface area contributed by atoms with Crippen LogP contribution in [0.1, 0.15) is 41.6 Å². The molecule has 2 aromatic carbocycles. The van der Waals surface area contributed by atoms with Gasteiger partial charge in [0.1, 0.15) is 30.3 Å². The fraction of sp³-hybridized carbons (Fsp3) is 0.464. The molecule has 202 valence electrons. The van der Waals surface area contributed by atoms with Crippen molar-refractivity contribution < 1.29 is 33.3 Å². The first-order chi connectivity index (χ1) is 18.5. The molecule has 5 rings (SSSR count). The standard InChI is InChI=1S/C28H33N3O7/c1-35-25-16-20(38-21-9-12-29-23(15-21)27(33)36-2)7-8-22(25)26(32)30-13-10-19(11-14-30)31-24-6-4-3-5-18(24)17-37-28(31)34/h3-8,16,19,21,23,29H,9-15,17H2,1-2H3/t21-,23-/m1/s1. The summed E-state index contributed by atoms with van der Waals surface area (Å²) in [6, 6.07) is 12.5. The van der Waals surface area contributed by atoms with Crippen molar-refractivity contribution in [3.05, 3.63) is 53.6 Å². The van der Waals surface area contributed by atoms with Gasteiger partial charge in [-0.2, -0.15) is 0 Å². The van der Waals surface area contributed by atoms with Gasteiger partial charge in [0.2, 0.25) is 0 Å². The molecular formula is C28H33N3O7. The van der Waals surface area contributed by atoms with E-state index in [2.05, 4.69) is 5.32 Å². The zero-order chi connectivity index (χ0) is 26.6. The predicted molar refractivity (Wildman–Crippen MR) is 138 cm³/mol. The molecule has 2 amide bonds. The number of hydrogen-bond acceptors (Lipinski definition) is 8. The van der Waals surface area contributed by atoms with Gasteiger partial charge in [-0.15, -0.1) is 0 Å². The maximum Gasteiger partial charge on any atom is 0.414 e. The van der Waals surface area contributed by atoms with Gasteiger partial charge in [0, 0.05) is 37.2 Å². The van der Waals surface area contributed by atoms with Crippen molar-refractivity contribution in [3.8, 4) is 11.5 Å². The van der Waals surface area contributed by atoms with Gasteiger partial charge < -0.3 is 29.2 Å². The van der Waals surface area contributed by atoms with Crippen LogP contribution in [-0.4, -0.2) is 74.9 Å². The Kier molecular flexibility index (Phi) is 7.69. The van der Waals surface area contributed by atoms with E-state index in [4.69, 9.17) is 18.9 Å². The zero-order valence-electron chi connectivity index (χ0n) is 21.7. The van der Waals surface area contributed by atoms with Crippen LogP contribution in [0.5, 0.6) is 11.5 Å². The molecule has 2 saturated heterocycles. The molecule has 2 aromatic rings. The van der Waals surface area contributed by atoms with Gasteiger partial charge in [-0.05, 0) is 44.0 Å². The largest absolute Gasteiger partial charge is 0.496 e. The minimum Gasteiger partial charge on any atom is -0.496 e. The van der Waals surface area contributed by atoms with Gasteiger partial charge in [-0.3, -0.25) is 14.5 Å². The lowest BCUT2D eigenvalue weighted by atomic mass is 10.00. The average Bonchev–Trinajstić information content (AvgIpc) is 2.96. The first-order valence-electron chi connectivity index (χ1n) is 13.0. The molecule has 2 fully saturated rings. The third kappa shape index (κ3) is 5.26. The van der Waals surface area contributed by atoms with Crippen molar-refractivity contribution in [2.45, 2.75) is 50.5 Å². The zero-order valence-corrected chi connectivity index (χ0v) is 21.7. The predicted octanol–water partition coefficient (Wildman–Crippen LogP) is 3.13. The summed E-state index contributed by atoms with van der Waals surface area (Å²) in [4.78, 5) is 41.4. The lowest BCUT2D eigenvalue weighted by molar-refractivity contribution is -0.144. The number of ether oxygens (including phenoxy) is 4. The third-order valence-electron chi connectivity index (χ3n) is 7.46. The van der Waals surface area contributed by atoms with E-state index in [0.717, 1.165) is 17.7 Å². The van der Waals surface area contributed by atoms with E-state index in [0.29, 0.717) is 56.0 Å². The highest BCUT2D eigenvalue weighted by Gasteiger charge is 2.35. The van der Waals surface area contributed by atoms with Crippen LogP contribution in [0, 0.1) is 0 Å². The van der Waals surface area contributed by atoms with Crippen LogP contribution in [0.2, 0.25) is 0 Å². The molecule has 38 heavy (non-hydrogen) atoms. The number of para-hydroxylation sites is 1. The summed E-state index contributed by atoms with van der Waals surface area (Å²) in [6.07, 6.45) is 2.06. The van der Waals surface area contributed by atoms with Crippen LogP contribution in [-0.2, 0) is 20.9 Å². The molecular weight excluding hydrogens is 490 g/mol. The SMILES string of the molecule is COC(=O)[C@H]1C[C@H](Oc2ccc(C(=O)N3CCC(N4C(=O)OCc5ccccc54)CC3)c(OC)c2)CCN1. The smallest absolute Gasteiger partial charge is 0.414 e. The summed E-state index contributed by atoms with van der Waals surface area (Å²) in [5.41, 5.74) is 2.33. The van der Waals surface area contributed by atoms with Crippen LogP contribution in [0.25, 0.3) is 0 Å². The first-order valence-corrected chi connectivity index (χ1v) is 13.0. The highest BCUT2D eigenvalue weighted by atomic mass is 16.6. The van der Waals surface area contributed by atoms with E-state index >= 15 is 0 Å². The minimum atomic E-state index is -0.398. The lowest BCUT2D eigenvalue weighted by Gasteiger charge is -2.40. The molecule has 2 atom stereocenters. The van der Waals surface area contributed by atoms with Crippen molar-refractivity contribution in [2.24, 2.45) is 0 Å². The second kappa shape index (κ2) is 11.3. The van der Waals surface area contributed by atoms with Crippen molar-refractivity contribution in [3.63, 3.8) is 0 Å². The van der Waals surface area contributed by atoms with Crippen LogP contribution in [0.3, 0.4) is 0 Å². The maximum atomic E-state index is 13.4. The molecule has 0 aliphatic carbocycles. The van der Waals surface area contributed by atoms with Crippen LogP contribution < -0.4 is 19.7 Å². The van der Waals surface area contributed by atoms with Gasteiger partial charge in [0.25, 0.3) is 5.91 Å². The Morgan fingerprint density at radius 2 is 1.84 bits per heavy atom. The van der Waals surface area contributed by atoms with E-state index in [9.17, 15) is 14.4 Å². The summed E-state index contributed by atoms with van der Waals surface area (Å²) >= 11 is 0. The van der Waals surface area contributed by atoms with Gasteiger partial charge in [0.15, 0.2) is 0 Å². The Balaban J connectivity index is 1.22. The van der Waals surface area contributed by atoms with Crippen LogP contribution in [0.15, 0.2) is 42.5 Å². The number of carbonyl (C=O) groups is 3. The van der Waals surface area contributed by atoms with Gasteiger partial charge in [-0.25, -0.2) is 4.79 Å². The number of rotatable bonds is 6. The number of anilines is 1. The van der Waals surface area contributed by atoms with Crippen molar-refractivity contribution in [1.29, 1.82) is 0 Å². The van der Waals surface area contributed by atoms with E-state index < -0.39 is 6.04 Å². The molecule has 0 spiro atoms. The number of nitrogens with zero attached hydrogens (tertiary/aromatic N) is 2. The van der Waals surface area contributed by atoms with E-state index in [1.54, 1.807) is 28.0 Å². The van der Waals surface area contributed by atoms with Crippen LogP contribution >= 0.6 is 0 Å². The van der Waals surface area contributed by atoms with Crippen LogP contribution in [0.4, 0.5) is 10.5 Å². The Morgan fingerprint density at radius 1 is 1.05 bits per heavy atom.